The van der Waals surface area contributed by atoms with Crippen LogP contribution in [0.3, 0.4) is 0 Å². The quantitative estimate of drug-likeness (QED) is 0.551. The van der Waals surface area contributed by atoms with E-state index >= 15 is 0 Å². The van der Waals surface area contributed by atoms with Gasteiger partial charge in [-0.15, -0.1) is 0 Å². The van der Waals surface area contributed by atoms with Gasteiger partial charge in [0.1, 0.15) is 5.65 Å². The Labute approximate surface area is 173 Å². The van der Waals surface area contributed by atoms with E-state index in [4.69, 9.17) is 0 Å². The van der Waals surface area contributed by atoms with E-state index in [1.54, 1.807) is 4.68 Å². The van der Waals surface area contributed by atoms with Crippen molar-refractivity contribution in [1.82, 2.24) is 24.6 Å². The summed E-state index contributed by atoms with van der Waals surface area (Å²) in [7, 11) is 1.82. The molecule has 0 bridgehead atoms. The summed E-state index contributed by atoms with van der Waals surface area (Å²) in [4.78, 5) is 34.0. The summed E-state index contributed by atoms with van der Waals surface area (Å²) in [6, 6.07) is 8.23. The van der Waals surface area contributed by atoms with Crippen LogP contribution in [-0.2, 0) is 31.2 Å². The molecule has 7 heteroatoms. The molecular weight excluding hydrogens is 378 g/mol. The zero-order valence-electron chi connectivity index (χ0n) is 17.5. The molecule has 2 N–H and O–H groups in total. The minimum atomic E-state index is -0.131. The van der Waals surface area contributed by atoms with Gasteiger partial charge in [0, 0.05) is 66.1 Å². The molecule has 0 spiro atoms. The van der Waals surface area contributed by atoms with Crippen molar-refractivity contribution >= 4 is 27.8 Å². The molecular formula is C23H25N5O2. The molecule has 1 amide bonds. The lowest BCUT2D eigenvalue weighted by Crippen LogP contribution is -2.36. The third-order valence-electron chi connectivity index (χ3n) is 6.38. The van der Waals surface area contributed by atoms with Crippen molar-refractivity contribution in [3.05, 3.63) is 62.7 Å². The largest absolute Gasteiger partial charge is 0.358 e. The van der Waals surface area contributed by atoms with Crippen LogP contribution >= 0.6 is 0 Å². The summed E-state index contributed by atoms with van der Waals surface area (Å²) in [6.45, 7) is 5.21. The van der Waals surface area contributed by atoms with Crippen LogP contribution in [0.5, 0.6) is 0 Å². The number of pyridine rings is 1. The second-order valence-corrected chi connectivity index (χ2v) is 8.18. The molecule has 0 atom stereocenters. The molecule has 0 saturated carbocycles. The van der Waals surface area contributed by atoms with E-state index in [1.807, 2.05) is 37.9 Å². The maximum absolute atomic E-state index is 13.0. The molecule has 0 radical (unpaired) electrons. The second-order valence-electron chi connectivity index (χ2n) is 8.18. The molecule has 30 heavy (non-hydrogen) atoms. The maximum Gasteiger partial charge on any atom is 0.253 e. The first-order chi connectivity index (χ1) is 14.4. The Bertz CT molecular complexity index is 1360. The van der Waals surface area contributed by atoms with Crippen molar-refractivity contribution in [2.24, 2.45) is 7.05 Å². The van der Waals surface area contributed by atoms with Crippen LogP contribution in [-0.4, -0.2) is 37.1 Å². The number of para-hydroxylation sites is 1. The van der Waals surface area contributed by atoms with Gasteiger partial charge in [0.25, 0.3) is 5.56 Å². The van der Waals surface area contributed by atoms with Gasteiger partial charge in [-0.1, -0.05) is 18.2 Å². The highest BCUT2D eigenvalue weighted by Gasteiger charge is 2.24. The minimum absolute atomic E-state index is 0.0905. The predicted octanol–water partition coefficient (Wildman–Crippen LogP) is 2.88. The highest BCUT2D eigenvalue weighted by Crippen LogP contribution is 2.28. The Morgan fingerprint density at radius 1 is 1.20 bits per heavy atom. The first-order valence-corrected chi connectivity index (χ1v) is 10.4. The van der Waals surface area contributed by atoms with Crippen molar-refractivity contribution in [3.63, 3.8) is 0 Å². The average molecular weight is 403 g/mol. The Balaban J connectivity index is 1.37. The molecule has 3 aromatic heterocycles. The Morgan fingerprint density at radius 2 is 2.00 bits per heavy atom. The van der Waals surface area contributed by atoms with Crippen LogP contribution in [0.1, 0.15) is 34.5 Å². The maximum atomic E-state index is 13.0. The predicted molar refractivity (Wildman–Crippen MR) is 117 cm³/mol. The molecule has 154 valence electrons. The number of hydrogen-bond acceptors (Lipinski definition) is 3. The first kappa shape index (κ1) is 18.7. The molecule has 1 aliphatic heterocycles. The van der Waals surface area contributed by atoms with Crippen molar-refractivity contribution < 1.29 is 4.79 Å². The first-order valence-electron chi connectivity index (χ1n) is 10.4. The van der Waals surface area contributed by atoms with Gasteiger partial charge in [-0.3, -0.25) is 14.3 Å². The van der Waals surface area contributed by atoms with Gasteiger partial charge in [-0.2, -0.15) is 5.10 Å². The van der Waals surface area contributed by atoms with E-state index in [1.165, 1.54) is 16.6 Å². The fraction of sp³-hybridized carbons (Fsp3) is 0.348. The number of H-pyrrole nitrogens is 2. The monoisotopic (exact) mass is 403 g/mol. The molecule has 5 rings (SSSR count). The van der Waals surface area contributed by atoms with Crippen LogP contribution in [0.25, 0.3) is 21.9 Å². The Hall–Kier alpha value is -3.35. The topological polar surface area (TPSA) is 86.8 Å². The van der Waals surface area contributed by atoms with Gasteiger partial charge in [-0.05, 0) is 31.9 Å². The molecule has 0 unspecified atom stereocenters. The number of aromatic amines is 2. The molecule has 0 fully saturated rings. The molecule has 1 aromatic carbocycles. The molecule has 7 nitrogen and oxygen atoms in total. The van der Waals surface area contributed by atoms with Gasteiger partial charge in [-0.25, -0.2) is 0 Å². The summed E-state index contributed by atoms with van der Waals surface area (Å²) in [5, 5.41) is 6.57. The van der Waals surface area contributed by atoms with Crippen LogP contribution in [0.15, 0.2) is 29.1 Å². The van der Waals surface area contributed by atoms with Crippen molar-refractivity contribution in [1.29, 1.82) is 0 Å². The number of benzene rings is 1. The number of carbonyl (C=O) groups is 1. The van der Waals surface area contributed by atoms with Gasteiger partial charge >= 0.3 is 0 Å². The van der Waals surface area contributed by atoms with Crippen LogP contribution in [0, 0.1) is 13.8 Å². The minimum Gasteiger partial charge on any atom is -0.358 e. The lowest BCUT2D eigenvalue weighted by molar-refractivity contribution is -0.132. The number of hydrogen-bond donors (Lipinski definition) is 2. The molecule has 4 heterocycles. The smallest absolute Gasteiger partial charge is 0.253 e. The number of amides is 1. The van der Waals surface area contributed by atoms with E-state index in [0.29, 0.717) is 31.5 Å². The summed E-state index contributed by atoms with van der Waals surface area (Å²) in [5.41, 5.74) is 6.65. The summed E-state index contributed by atoms with van der Waals surface area (Å²) >= 11 is 0. The number of nitrogens with zero attached hydrogens (tertiary/aromatic N) is 3. The van der Waals surface area contributed by atoms with Crippen LogP contribution < -0.4 is 5.56 Å². The fourth-order valence-electron chi connectivity index (χ4n) is 4.83. The van der Waals surface area contributed by atoms with Crippen molar-refractivity contribution in [2.75, 3.05) is 6.54 Å². The lowest BCUT2D eigenvalue weighted by Gasteiger charge is -2.27. The Kier molecular flexibility index (Phi) is 4.27. The third kappa shape index (κ3) is 2.84. The van der Waals surface area contributed by atoms with Crippen molar-refractivity contribution in [2.45, 2.75) is 39.7 Å². The van der Waals surface area contributed by atoms with Gasteiger partial charge in [0.15, 0.2) is 0 Å². The average Bonchev–Trinajstić information content (AvgIpc) is 3.23. The summed E-state index contributed by atoms with van der Waals surface area (Å²) in [6.07, 6.45) is 1.59. The summed E-state index contributed by atoms with van der Waals surface area (Å²) < 4.78 is 1.69. The standard InChI is InChI=1S/C23H25N5O2/c1-13-15(23(30)25-22-21(13)14(2)26-27(22)3)8-9-20(29)28-11-10-19-17(12-28)16-6-4-5-7-18(16)24-19/h4-7,24H,8-12H2,1-3H3,(H,25,30). The van der Waals surface area contributed by atoms with Crippen molar-refractivity contribution in [3.8, 4) is 0 Å². The highest BCUT2D eigenvalue weighted by atomic mass is 16.2. The molecule has 0 saturated heterocycles. The molecule has 0 aliphatic carbocycles. The SMILES string of the molecule is Cc1nn(C)c2[nH]c(=O)c(CCC(=O)N3CCc4[nH]c5ccccc5c4C3)c(C)c12. The number of carbonyl (C=O) groups excluding carboxylic acids is 1. The second kappa shape index (κ2) is 6.86. The Morgan fingerprint density at radius 3 is 2.83 bits per heavy atom. The molecule has 1 aliphatic rings. The number of rotatable bonds is 3. The zero-order valence-corrected chi connectivity index (χ0v) is 17.5. The zero-order chi connectivity index (χ0) is 21.0. The number of aromatic nitrogens is 4. The lowest BCUT2D eigenvalue weighted by atomic mass is 10.0. The number of nitrogens with one attached hydrogen (secondary N) is 2. The van der Waals surface area contributed by atoms with E-state index in [2.05, 4.69) is 27.2 Å². The van der Waals surface area contributed by atoms with E-state index < -0.39 is 0 Å². The van der Waals surface area contributed by atoms with E-state index in [9.17, 15) is 9.59 Å². The van der Waals surface area contributed by atoms with E-state index in [-0.39, 0.29) is 11.5 Å². The van der Waals surface area contributed by atoms with E-state index in [0.717, 1.165) is 34.2 Å². The summed E-state index contributed by atoms with van der Waals surface area (Å²) in [5.74, 6) is 0.0905. The van der Waals surface area contributed by atoms with Gasteiger partial charge in [0.2, 0.25) is 5.91 Å². The van der Waals surface area contributed by atoms with Gasteiger partial charge < -0.3 is 14.9 Å². The molecule has 4 aromatic rings. The highest BCUT2D eigenvalue weighted by molar-refractivity contribution is 5.86. The number of fused-ring (bicyclic) bond motifs is 4. The normalized spacial score (nSPS) is 13.9. The number of aryl methyl sites for hydroxylation is 3. The van der Waals surface area contributed by atoms with Crippen LogP contribution in [0.2, 0.25) is 0 Å². The third-order valence-corrected chi connectivity index (χ3v) is 6.38. The fourth-order valence-corrected chi connectivity index (χ4v) is 4.83. The van der Waals surface area contributed by atoms with Gasteiger partial charge in [0.05, 0.1) is 5.69 Å². The van der Waals surface area contributed by atoms with Crippen LogP contribution in [0.4, 0.5) is 0 Å².